The molecule has 5 nitrogen and oxygen atoms in total. The predicted octanol–water partition coefficient (Wildman–Crippen LogP) is 1.91. The number of rotatable bonds is 2. The van der Waals surface area contributed by atoms with Gasteiger partial charge < -0.3 is 15.5 Å². The molecule has 2 heterocycles. The Morgan fingerprint density at radius 1 is 0.958 bits per heavy atom. The fourth-order valence-corrected chi connectivity index (χ4v) is 3.50. The highest BCUT2D eigenvalue weighted by Gasteiger charge is 2.32. The molecule has 1 aromatic rings. The van der Waals surface area contributed by atoms with E-state index in [4.69, 9.17) is 5.73 Å². The van der Waals surface area contributed by atoms with Gasteiger partial charge in [-0.05, 0) is 37.8 Å². The van der Waals surface area contributed by atoms with E-state index in [-0.39, 0.29) is 36.2 Å². The second-order valence-electron chi connectivity index (χ2n) is 6.62. The van der Waals surface area contributed by atoms with E-state index in [1.54, 1.807) is 0 Å². The monoisotopic (exact) mass is 351 g/mol. The molecule has 0 radical (unpaired) electrons. The van der Waals surface area contributed by atoms with Crippen molar-refractivity contribution in [2.75, 3.05) is 26.2 Å². The number of nitrogens with zero attached hydrogens (tertiary/aromatic N) is 2. The highest BCUT2D eigenvalue weighted by atomic mass is 35.5. The second kappa shape index (κ2) is 8.49. The van der Waals surface area contributed by atoms with Crippen LogP contribution in [-0.2, 0) is 4.79 Å². The minimum absolute atomic E-state index is 0. The van der Waals surface area contributed by atoms with Crippen LogP contribution in [-0.4, -0.2) is 53.8 Å². The summed E-state index contributed by atoms with van der Waals surface area (Å²) >= 11 is 0. The average Bonchev–Trinajstić information content (AvgIpc) is 2.62. The van der Waals surface area contributed by atoms with Crippen molar-refractivity contribution < 1.29 is 9.59 Å². The van der Waals surface area contributed by atoms with Gasteiger partial charge in [-0.1, -0.05) is 18.2 Å². The molecule has 2 saturated heterocycles. The number of hydrogen-bond donors (Lipinski definition) is 1. The van der Waals surface area contributed by atoms with Crippen LogP contribution in [0, 0.1) is 5.92 Å². The lowest BCUT2D eigenvalue weighted by atomic mass is 9.94. The van der Waals surface area contributed by atoms with Gasteiger partial charge in [0.05, 0.1) is 5.92 Å². The van der Waals surface area contributed by atoms with Crippen LogP contribution >= 0.6 is 12.4 Å². The van der Waals surface area contributed by atoms with Crippen LogP contribution in [0.4, 0.5) is 0 Å². The van der Waals surface area contributed by atoms with E-state index >= 15 is 0 Å². The van der Waals surface area contributed by atoms with Crippen molar-refractivity contribution >= 4 is 24.2 Å². The molecule has 3 rings (SSSR count). The fourth-order valence-electron chi connectivity index (χ4n) is 3.50. The van der Waals surface area contributed by atoms with Gasteiger partial charge in [-0.25, -0.2) is 0 Å². The minimum atomic E-state index is -0.0641. The first-order valence-corrected chi connectivity index (χ1v) is 8.54. The van der Waals surface area contributed by atoms with Crippen molar-refractivity contribution in [1.29, 1.82) is 0 Å². The number of nitrogens with two attached hydrogens (primary N) is 1. The molecule has 6 heteroatoms. The summed E-state index contributed by atoms with van der Waals surface area (Å²) in [5.74, 6) is 0.164. The van der Waals surface area contributed by atoms with Gasteiger partial charge in [0.2, 0.25) is 5.91 Å². The Morgan fingerprint density at radius 2 is 1.62 bits per heavy atom. The van der Waals surface area contributed by atoms with E-state index in [9.17, 15) is 9.59 Å². The SMILES string of the molecule is Cl.NC1CCN(C(=O)C2CCCN(C(=O)c3ccccc3)C2)CC1. The smallest absolute Gasteiger partial charge is 0.253 e. The molecule has 132 valence electrons. The summed E-state index contributed by atoms with van der Waals surface area (Å²) in [4.78, 5) is 29.0. The maximum atomic E-state index is 12.7. The van der Waals surface area contributed by atoms with Crippen LogP contribution < -0.4 is 5.73 Å². The van der Waals surface area contributed by atoms with Gasteiger partial charge in [0.25, 0.3) is 5.91 Å². The normalized spacial score (nSPS) is 22.0. The Balaban J connectivity index is 0.00000208. The number of amides is 2. The van der Waals surface area contributed by atoms with E-state index in [1.807, 2.05) is 40.1 Å². The van der Waals surface area contributed by atoms with Gasteiger partial charge in [-0.15, -0.1) is 12.4 Å². The number of carbonyl (C=O) groups is 2. The largest absolute Gasteiger partial charge is 0.342 e. The number of carbonyl (C=O) groups excluding carboxylic acids is 2. The van der Waals surface area contributed by atoms with Crippen molar-refractivity contribution in [1.82, 2.24) is 9.80 Å². The molecule has 0 aliphatic carbocycles. The lowest BCUT2D eigenvalue weighted by molar-refractivity contribution is -0.138. The Morgan fingerprint density at radius 3 is 2.29 bits per heavy atom. The first-order valence-electron chi connectivity index (χ1n) is 8.54. The van der Waals surface area contributed by atoms with Crippen molar-refractivity contribution in [2.45, 2.75) is 31.7 Å². The molecule has 0 aromatic heterocycles. The molecule has 2 amide bonds. The van der Waals surface area contributed by atoms with Gasteiger partial charge in [0, 0.05) is 37.8 Å². The first-order chi connectivity index (χ1) is 11.1. The molecule has 2 aliphatic heterocycles. The summed E-state index contributed by atoms with van der Waals surface area (Å²) in [7, 11) is 0. The molecule has 0 saturated carbocycles. The summed E-state index contributed by atoms with van der Waals surface area (Å²) in [6, 6.07) is 9.54. The molecule has 1 atom stereocenters. The van der Waals surface area contributed by atoms with Crippen LogP contribution in [0.2, 0.25) is 0 Å². The van der Waals surface area contributed by atoms with E-state index < -0.39 is 0 Å². The minimum Gasteiger partial charge on any atom is -0.342 e. The standard InChI is InChI=1S/C18H25N3O2.ClH/c19-16-8-11-20(12-9-16)18(23)15-7-4-10-21(13-15)17(22)14-5-2-1-3-6-14;/h1-3,5-6,15-16H,4,7-13,19H2;1H. The molecule has 2 fully saturated rings. The van der Waals surface area contributed by atoms with E-state index in [0.717, 1.165) is 45.3 Å². The maximum absolute atomic E-state index is 12.7. The van der Waals surface area contributed by atoms with Crippen LogP contribution in [0.25, 0.3) is 0 Å². The summed E-state index contributed by atoms with van der Waals surface area (Å²) in [5.41, 5.74) is 6.61. The number of benzene rings is 1. The van der Waals surface area contributed by atoms with E-state index in [2.05, 4.69) is 0 Å². The lowest BCUT2D eigenvalue weighted by Crippen LogP contribution is -2.50. The maximum Gasteiger partial charge on any atom is 0.253 e. The Bertz CT molecular complexity index is 559. The number of likely N-dealkylation sites (tertiary alicyclic amines) is 2. The molecule has 0 bridgehead atoms. The zero-order valence-corrected chi connectivity index (χ0v) is 14.7. The Kier molecular flexibility index (Phi) is 6.63. The van der Waals surface area contributed by atoms with Crippen LogP contribution in [0.3, 0.4) is 0 Å². The zero-order chi connectivity index (χ0) is 16.2. The summed E-state index contributed by atoms with van der Waals surface area (Å²) in [5, 5.41) is 0. The summed E-state index contributed by atoms with van der Waals surface area (Å²) in [6.07, 6.45) is 3.53. The third-order valence-corrected chi connectivity index (χ3v) is 4.93. The molecule has 24 heavy (non-hydrogen) atoms. The molecule has 2 aliphatic rings. The van der Waals surface area contributed by atoms with Gasteiger partial charge >= 0.3 is 0 Å². The third kappa shape index (κ3) is 4.28. The molecular weight excluding hydrogens is 326 g/mol. The van der Waals surface area contributed by atoms with Gasteiger partial charge in [-0.3, -0.25) is 9.59 Å². The number of hydrogen-bond acceptors (Lipinski definition) is 3. The number of piperidine rings is 2. The lowest BCUT2D eigenvalue weighted by Gasteiger charge is -2.37. The molecule has 1 aromatic carbocycles. The quantitative estimate of drug-likeness (QED) is 0.885. The second-order valence-corrected chi connectivity index (χ2v) is 6.62. The summed E-state index contributed by atoms with van der Waals surface area (Å²) in [6.45, 7) is 2.78. The van der Waals surface area contributed by atoms with Crippen LogP contribution in [0.1, 0.15) is 36.0 Å². The van der Waals surface area contributed by atoms with Gasteiger partial charge in [-0.2, -0.15) is 0 Å². The zero-order valence-electron chi connectivity index (χ0n) is 13.9. The van der Waals surface area contributed by atoms with Crippen molar-refractivity contribution in [3.8, 4) is 0 Å². The van der Waals surface area contributed by atoms with Crippen LogP contribution in [0.5, 0.6) is 0 Å². The topological polar surface area (TPSA) is 66.6 Å². The Hall–Kier alpha value is -1.59. The van der Waals surface area contributed by atoms with Crippen molar-refractivity contribution in [3.05, 3.63) is 35.9 Å². The third-order valence-electron chi connectivity index (χ3n) is 4.93. The van der Waals surface area contributed by atoms with Crippen molar-refractivity contribution in [3.63, 3.8) is 0 Å². The van der Waals surface area contributed by atoms with E-state index in [0.29, 0.717) is 12.1 Å². The number of halogens is 1. The van der Waals surface area contributed by atoms with Gasteiger partial charge in [0.1, 0.15) is 0 Å². The molecule has 2 N–H and O–H groups in total. The van der Waals surface area contributed by atoms with Gasteiger partial charge in [0.15, 0.2) is 0 Å². The molecular formula is C18H26ClN3O2. The van der Waals surface area contributed by atoms with Crippen molar-refractivity contribution in [2.24, 2.45) is 11.7 Å². The average molecular weight is 352 g/mol. The predicted molar refractivity (Wildman–Crippen MR) is 96.1 cm³/mol. The fraction of sp³-hybridized carbons (Fsp3) is 0.556. The Labute approximate surface area is 149 Å². The highest BCUT2D eigenvalue weighted by Crippen LogP contribution is 2.22. The van der Waals surface area contributed by atoms with E-state index in [1.165, 1.54) is 0 Å². The summed E-state index contributed by atoms with van der Waals surface area (Å²) < 4.78 is 0. The highest BCUT2D eigenvalue weighted by molar-refractivity contribution is 5.94. The molecule has 0 spiro atoms. The first kappa shape index (κ1) is 18.7. The molecule has 1 unspecified atom stereocenters. The van der Waals surface area contributed by atoms with Crippen LogP contribution in [0.15, 0.2) is 30.3 Å².